The maximum Gasteiger partial charge on any atom is 0.337 e. The Morgan fingerprint density at radius 3 is 3.00 bits per heavy atom. The van der Waals surface area contributed by atoms with Gasteiger partial charge in [-0.1, -0.05) is 13.0 Å². The van der Waals surface area contributed by atoms with Gasteiger partial charge in [-0.15, -0.1) is 0 Å². The van der Waals surface area contributed by atoms with Crippen LogP contribution in [0.1, 0.15) is 30.2 Å². The van der Waals surface area contributed by atoms with Crippen molar-refractivity contribution in [1.82, 2.24) is 9.55 Å². The number of aromatic nitrogens is 2. The van der Waals surface area contributed by atoms with Crippen LogP contribution < -0.4 is 0 Å². The molecule has 1 unspecified atom stereocenters. The van der Waals surface area contributed by atoms with Crippen molar-refractivity contribution in [3.05, 3.63) is 30.1 Å². The summed E-state index contributed by atoms with van der Waals surface area (Å²) in [6, 6.07) is 5.59. The first kappa shape index (κ1) is 13.0. The zero-order valence-electron chi connectivity index (χ0n) is 10.5. The maximum absolute atomic E-state index is 11.1. The zero-order valence-corrected chi connectivity index (χ0v) is 11.3. The highest BCUT2D eigenvalue weighted by Crippen LogP contribution is 2.23. The number of hydrogen-bond donors (Lipinski definition) is 1. The number of fused-ring (bicyclic) bond motifs is 1. The van der Waals surface area contributed by atoms with Crippen LogP contribution >= 0.6 is 11.8 Å². The van der Waals surface area contributed by atoms with Crippen molar-refractivity contribution in [1.29, 1.82) is 0 Å². The number of thioether (sulfide) groups is 1. The number of benzene rings is 1. The van der Waals surface area contributed by atoms with Crippen molar-refractivity contribution in [2.24, 2.45) is 0 Å². The number of para-hydroxylation sites is 1. The van der Waals surface area contributed by atoms with Gasteiger partial charge in [0.25, 0.3) is 0 Å². The first-order valence-electron chi connectivity index (χ1n) is 5.91. The van der Waals surface area contributed by atoms with E-state index in [9.17, 15) is 4.79 Å². The smallest absolute Gasteiger partial charge is 0.337 e. The lowest BCUT2D eigenvalue weighted by Gasteiger charge is -2.13. The SMILES string of the molecule is CCSCC(C)n1cnc2c(C(=O)O)cccc21. The summed E-state index contributed by atoms with van der Waals surface area (Å²) in [6.45, 7) is 4.25. The van der Waals surface area contributed by atoms with E-state index in [4.69, 9.17) is 5.11 Å². The third kappa shape index (κ3) is 2.36. The molecule has 0 spiro atoms. The third-order valence-corrected chi connectivity index (χ3v) is 4.00. The minimum atomic E-state index is -0.929. The van der Waals surface area contributed by atoms with Gasteiger partial charge >= 0.3 is 5.97 Å². The molecule has 1 N–H and O–H groups in total. The summed E-state index contributed by atoms with van der Waals surface area (Å²) in [5, 5.41) is 9.12. The molecule has 18 heavy (non-hydrogen) atoms. The highest BCUT2D eigenvalue weighted by molar-refractivity contribution is 7.99. The largest absolute Gasteiger partial charge is 0.478 e. The molecule has 1 aromatic carbocycles. The number of carboxylic acids is 1. The van der Waals surface area contributed by atoms with Crippen molar-refractivity contribution < 1.29 is 9.90 Å². The zero-order chi connectivity index (χ0) is 13.1. The summed E-state index contributed by atoms with van der Waals surface area (Å²) >= 11 is 1.87. The summed E-state index contributed by atoms with van der Waals surface area (Å²) in [6.07, 6.45) is 1.73. The first-order chi connectivity index (χ1) is 8.65. The van der Waals surface area contributed by atoms with Crippen molar-refractivity contribution >= 4 is 28.8 Å². The monoisotopic (exact) mass is 264 g/mol. The van der Waals surface area contributed by atoms with Crippen LogP contribution in [0.3, 0.4) is 0 Å². The van der Waals surface area contributed by atoms with E-state index in [2.05, 4.69) is 18.8 Å². The summed E-state index contributed by atoms with van der Waals surface area (Å²) in [7, 11) is 0. The number of nitrogens with zero attached hydrogens (tertiary/aromatic N) is 2. The first-order valence-corrected chi connectivity index (χ1v) is 7.07. The molecule has 2 aromatic rings. The molecule has 2 rings (SSSR count). The highest BCUT2D eigenvalue weighted by atomic mass is 32.2. The molecule has 0 bridgehead atoms. The van der Waals surface area contributed by atoms with E-state index in [1.165, 1.54) is 0 Å². The summed E-state index contributed by atoms with van der Waals surface area (Å²) in [4.78, 5) is 15.4. The molecular formula is C13H16N2O2S. The lowest BCUT2D eigenvalue weighted by Crippen LogP contribution is -2.06. The quantitative estimate of drug-likeness (QED) is 0.901. The summed E-state index contributed by atoms with van der Waals surface area (Å²) in [5.41, 5.74) is 1.72. The number of imidazole rings is 1. The molecule has 0 amide bonds. The minimum Gasteiger partial charge on any atom is -0.478 e. The van der Waals surface area contributed by atoms with Crippen molar-refractivity contribution in [2.75, 3.05) is 11.5 Å². The molecule has 0 fully saturated rings. The van der Waals surface area contributed by atoms with Gasteiger partial charge in [0.05, 0.1) is 17.4 Å². The maximum atomic E-state index is 11.1. The number of carbonyl (C=O) groups is 1. The van der Waals surface area contributed by atoms with E-state index in [1.54, 1.807) is 18.5 Å². The lowest BCUT2D eigenvalue weighted by atomic mass is 10.2. The second-order valence-corrected chi connectivity index (χ2v) is 5.46. The predicted molar refractivity (Wildman–Crippen MR) is 74.4 cm³/mol. The molecule has 1 aromatic heterocycles. The van der Waals surface area contributed by atoms with Crippen molar-refractivity contribution in [3.63, 3.8) is 0 Å². The van der Waals surface area contributed by atoms with Gasteiger partial charge in [0.1, 0.15) is 5.52 Å². The lowest BCUT2D eigenvalue weighted by molar-refractivity contribution is 0.0699. The van der Waals surface area contributed by atoms with E-state index >= 15 is 0 Å². The van der Waals surface area contributed by atoms with Gasteiger partial charge in [-0.3, -0.25) is 0 Å². The van der Waals surface area contributed by atoms with Gasteiger partial charge in [-0.05, 0) is 24.8 Å². The second-order valence-electron chi connectivity index (χ2n) is 4.14. The Morgan fingerprint density at radius 1 is 1.56 bits per heavy atom. The van der Waals surface area contributed by atoms with Crippen LogP contribution in [0.2, 0.25) is 0 Å². The molecule has 5 heteroatoms. The summed E-state index contributed by atoms with van der Waals surface area (Å²) in [5.74, 6) is 1.15. The number of aromatic carboxylic acids is 1. The number of carboxylic acid groups (broad SMARTS) is 1. The second kappa shape index (κ2) is 5.44. The fourth-order valence-corrected chi connectivity index (χ4v) is 2.69. The average molecular weight is 264 g/mol. The molecule has 0 saturated carbocycles. The molecule has 1 heterocycles. The standard InChI is InChI=1S/C13H16N2O2S/c1-3-18-7-9(2)15-8-14-12-10(13(16)17)5-4-6-11(12)15/h4-6,8-9H,3,7H2,1-2H3,(H,16,17). The van der Waals surface area contributed by atoms with Crippen LogP contribution in [-0.2, 0) is 0 Å². The molecule has 0 aliphatic heterocycles. The van der Waals surface area contributed by atoms with E-state index < -0.39 is 5.97 Å². The van der Waals surface area contributed by atoms with Crippen LogP contribution in [0.25, 0.3) is 11.0 Å². The Morgan fingerprint density at radius 2 is 2.33 bits per heavy atom. The van der Waals surface area contributed by atoms with Crippen LogP contribution in [0.15, 0.2) is 24.5 Å². The number of rotatable bonds is 5. The van der Waals surface area contributed by atoms with Gasteiger partial charge < -0.3 is 9.67 Å². The van der Waals surface area contributed by atoms with Gasteiger partial charge in [-0.2, -0.15) is 11.8 Å². The molecule has 0 aliphatic carbocycles. The summed E-state index contributed by atoms with van der Waals surface area (Å²) < 4.78 is 2.05. The van der Waals surface area contributed by atoms with Crippen molar-refractivity contribution in [3.8, 4) is 0 Å². The fraction of sp³-hybridized carbons (Fsp3) is 0.385. The Hall–Kier alpha value is -1.49. The van der Waals surface area contributed by atoms with Gasteiger partial charge in [0, 0.05) is 11.8 Å². The van der Waals surface area contributed by atoms with Gasteiger partial charge in [0.2, 0.25) is 0 Å². The minimum absolute atomic E-state index is 0.265. The highest BCUT2D eigenvalue weighted by Gasteiger charge is 2.14. The average Bonchev–Trinajstić information content (AvgIpc) is 2.79. The normalized spacial score (nSPS) is 12.8. The Balaban J connectivity index is 2.42. The third-order valence-electron chi connectivity index (χ3n) is 2.87. The molecule has 1 atom stereocenters. The molecule has 4 nitrogen and oxygen atoms in total. The molecule has 96 valence electrons. The van der Waals surface area contributed by atoms with E-state index in [-0.39, 0.29) is 5.56 Å². The predicted octanol–water partition coefficient (Wildman–Crippen LogP) is 3.05. The fourth-order valence-electron chi connectivity index (χ4n) is 1.95. The van der Waals surface area contributed by atoms with Crippen LogP contribution in [0, 0.1) is 0 Å². The molecular weight excluding hydrogens is 248 g/mol. The van der Waals surface area contributed by atoms with Crippen LogP contribution in [0.4, 0.5) is 0 Å². The molecule has 0 radical (unpaired) electrons. The topological polar surface area (TPSA) is 55.1 Å². The van der Waals surface area contributed by atoms with E-state index in [0.717, 1.165) is 17.0 Å². The van der Waals surface area contributed by atoms with Gasteiger partial charge in [0.15, 0.2) is 0 Å². The van der Waals surface area contributed by atoms with Gasteiger partial charge in [-0.25, -0.2) is 9.78 Å². The van der Waals surface area contributed by atoms with E-state index in [0.29, 0.717) is 11.6 Å². The van der Waals surface area contributed by atoms with Crippen LogP contribution in [0.5, 0.6) is 0 Å². The molecule has 0 aliphatic rings. The Labute approximate surface area is 110 Å². The number of hydrogen-bond acceptors (Lipinski definition) is 3. The van der Waals surface area contributed by atoms with Crippen molar-refractivity contribution in [2.45, 2.75) is 19.9 Å². The van der Waals surface area contributed by atoms with Crippen LogP contribution in [-0.4, -0.2) is 32.1 Å². The molecule has 0 saturated heterocycles. The van der Waals surface area contributed by atoms with E-state index in [1.807, 2.05) is 22.4 Å². The Kier molecular flexibility index (Phi) is 3.91. The Bertz CT molecular complexity index is 565.